The zero-order valence-corrected chi connectivity index (χ0v) is 19.0. The van der Waals surface area contributed by atoms with E-state index >= 15 is 0 Å². The summed E-state index contributed by atoms with van der Waals surface area (Å²) in [5.41, 5.74) is 2.33. The second kappa shape index (κ2) is 8.89. The Balaban J connectivity index is 1.58. The number of nitrogens with zero attached hydrogens (tertiary/aromatic N) is 2. The van der Waals surface area contributed by atoms with Crippen molar-refractivity contribution in [1.29, 1.82) is 0 Å². The SMILES string of the molecule is CCOC(=O)C1CCN(C(=O)c2cc3sc(Br)cc3n2Cc2cccc(F)c2)CC1. The summed E-state index contributed by atoms with van der Waals surface area (Å²) in [4.78, 5) is 27.1. The van der Waals surface area contributed by atoms with E-state index in [-0.39, 0.29) is 23.6 Å². The number of aromatic nitrogens is 1. The average molecular weight is 493 g/mol. The Kier molecular flexibility index (Phi) is 6.24. The maximum atomic E-state index is 13.7. The number of esters is 1. The summed E-state index contributed by atoms with van der Waals surface area (Å²) in [6.45, 7) is 3.62. The van der Waals surface area contributed by atoms with Crippen molar-refractivity contribution >= 4 is 49.4 Å². The molecule has 4 rings (SSSR count). The van der Waals surface area contributed by atoms with E-state index in [0.29, 0.717) is 44.8 Å². The van der Waals surface area contributed by atoms with Crippen LogP contribution >= 0.6 is 27.3 Å². The molecule has 1 aromatic carbocycles. The first-order chi connectivity index (χ1) is 14.5. The molecule has 8 heteroatoms. The number of carbonyl (C=O) groups excluding carboxylic acids is 2. The smallest absolute Gasteiger partial charge is 0.309 e. The lowest BCUT2D eigenvalue weighted by molar-refractivity contribution is -0.149. The van der Waals surface area contributed by atoms with Gasteiger partial charge in [0.05, 0.1) is 26.5 Å². The van der Waals surface area contributed by atoms with Crippen LogP contribution in [0.5, 0.6) is 0 Å². The lowest BCUT2D eigenvalue weighted by atomic mass is 9.97. The summed E-state index contributed by atoms with van der Waals surface area (Å²) in [5, 5.41) is 0. The van der Waals surface area contributed by atoms with E-state index in [0.717, 1.165) is 19.6 Å². The third-order valence-corrected chi connectivity index (χ3v) is 6.98. The fraction of sp³-hybridized carbons (Fsp3) is 0.364. The van der Waals surface area contributed by atoms with Crippen molar-refractivity contribution in [2.24, 2.45) is 5.92 Å². The second-order valence-electron chi connectivity index (χ2n) is 7.36. The molecule has 0 N–H and O–H groups in total. The normalized spacial score (nSPS) is 15.0. The van der Waals surface area contributed by atoms with Crippen molar-refractivity contribution < 1.29 is 18.7 Å². The molecule has 2 aromatic heterocycles. The van der Waals surface area contributed by atoms with Crippen LogP contribution in [-0.4, -0.2) is 41.0 Å². The quantitative estimate of drug-likeness (QED) is 0.467. The molecule has 0 bridgehead atoms. The summed E-state index contributed by atoms with van der Waals surface area (Å²) in [7, 11) is 0. The Morgan fingerprint density at radius 1 is 1.23 bits per heavy atom. The third-order valence-electron chi connectivity index (χ3n) is 5.41. The number of rotatable bonds is 5. The summed E-state index contributed by atoms with van der Waals surface area (Å²) < 4.78 is 22.7. The molecular weight excluding hydrogens is 471 g/mol. The van der Waals surface area contributed by atoms with Gasteiger partial charge in [-0.05, 0) is 65.5 Å². The van der Waals surface area contributed by atoms with Crippen LogP contribution < -0.4 is 0 Å². The molecule has 0 aliphatic carbocycles. The van der Waals surface area contributed by atoms with Crippen LogP contribution in [-0.2, 0) is 16.1 Å². The number of benzene rings is 1. The summed E-state index contributed by atoms with van der Waals surface area (Å²) in [6.07, 6.45) is 1.21. The highest BCUT2D eigenvalue weighted by Crippen LogP contribution is 2.34. The minimum absolute atomic E-state index is 0.0618. The minimum atomic E-state index is -0.295. The number of hydrogen-bond donors (Lipinski definition) is 0. The topological polar surface area (TPSA) is 51.5 Å². The van der Waals surface area contributed by atoms with E-state index in [1.807, 2.05) is 22.8 Å². The number of amides is 1. The zero-order valence-electron chi connectivity index (χ0n) is 16.6. The van der Waals surface area contributed by atoms with E-state index < -0.39 is 0 Å². The highest BCUT2D eigenvalue weighted by atomic mass is 79.9. The molecule has 3 heterocycles. The fourth-order valence-electron chi connectivity index (χ4n) is 3.92. The van der Waals surface area contributed by atoms with Gasteiger partial charge in [-0.3, -0.25) is 9.59 Å². The standard InChI is InChI=1S/C22H22BrFN2O3S/c1-2-29-22(28)15-6-8-25(9-7-15)21(27)18-11-19-17(12-20(23)30-19)26(18)13-14-4-3-5-16(24)10-14/h3-5,10-12,15H,2,6-9,13H2,1H3. The highest BCUT2D eigenvalue weighted by molar-refractivity contribution is 9.11. The van der Waals surface area contributed by atoms with Gasteiger partial charge in [0, 0.05) is 19.6 Å². The number of fused-ring (bicyclic) bond motifs is 1. The van der Waals surface area contributed by atoms with Gasteiger partial charge in [-0.1, -0.05) is 12.1 Å². The molecule has 0 unspecified atom stereocenters. The maximum Gasteiger partial charge on any atom is 0.309 e. The van der Waals surface area contributed by atoms with E-state index in [1.165, 1.54) is 12.1 Å². The van der Waals surface area contributed by atoms with Gasteiger partial charge in [0.2, 0.25) is 0 Å². The van der Waals surface area contributed by atoms with Crippen LogP contribution in [0.4, 0.5) is 4.39 Å². The van der Waals surface area contributed by atoms with Gasteiger partial charge < -0.3 is 14.2 Å². The molecule has 0 saturated carbocycles. The van der Waals surface area contributed by atoms with Gasteiger partial charge >= 0.3 is 5.97 Å². The van der Waals surface area contributed by atoms with E-state index in [9.17, 15) is 14.0 Å². The van der Waals surface area contributed by atoms with Gasteiger partial charge in [0.15, 0.2) is 0 Å². The molecule has 30 heavy (non-hydrogen) atoms. The Bertz CT molecular complexity index is 1090. The molecule has 158 valence electrons. The Morgan fingerprint density at radius 2 is 2.00 bits per heavy atom. The van der Waals surface area contributed by atoms with Crippen molar-refractivity contribution in [3.63, 3.8) is 0 Å². The second-order valence-corrected chi connectivity index (χ2v) is 9.83. The van der Waals surface area contributed by atoms with E-state index in [1.54, 1.807) is 29.2 Å². The predicted octanol–water partition coefficient (Wildman–Crippen LogP) is 5.07. The van der Waals surface area contributed by atoms with Crippen LogP contribution in [0.2, 0.25) is 0 Å². The summed E-state index contributed by atoms with van der Waals surface area (Å²) >= 11 is 5.08. The first-order valence-electron chi connectivity index (χ1n) is 9.95. The van der Waals surface area contributed by atoms with Gasteiger partial charge in [-0.15, -0.1) is 11.3 Å². The average Bonchev–Trinajstić information content (AvgIpc) is 3.25. The van der Waals surface area contributed by atoms with E-state index in [2.05, 4.69) is 15.9 Å². The number of halogens is 2. The van der Waals surface area contributed by atoms with E-state index in [4.69, 9.17) is 4.74 Å². The van der Waals surface area contributed by atoms with Crippen molar-refractivity contribution in [2.75, 3.05) is 19.7 Å². The monoisotopic (exact) mass is 492 g/mol. The molecule has 5 nitrogen and oxygen atoms in total. The van der Waals surface area contributed by atoms with Crippen molar-refractivity contribution in [1.82, 2.24) is 9.47 Å². The number of hydrogen-bond acceptors (Lipinski definition) is 4. The van der Waals surface area contributed by atoms with Gasteiger partial charge in [-0.25, -0.2) is 4.39 Å². The van der Waals surface area contributed by atoms with Crippen molar-refractivity contribution in [3.05, 3.63) is 57.3 Å². The van der Waals surface area contributed by atoms with Crippen molar-refractivity contribution in [2.45, 2.75) is 26.3 Å². The van der Waals surface area contributed by atoms with Gasteiger partial charge in [0.1, 0.15) is 11.5 Å². The zero-order chi connectivity index (χ0) is 21.3. The van der Waals surface area contributed by atoms with Crippen LogP contribution in [0.3, 0.4) is 0 Å². The molecule has 1 fully saturated rings. The Morgan fingerprint density at radius 3 is 2.70 bits per heavy atom. The molecule has 1 aliphatic rings. The minimum Gasteiger partial charge on any atom is -0.466 e. The maximum absolute atomic E-state index is 13.7. The highest BCUT2D eigenvalue weighted by Gasteiger charge is 2.30. The van der Waals surface area contributed by atoms with Crippen LogP contribution in [0, 0.1) is 11.7 Å². The molecule has 0 radical (unpaired) electrons. The molecule has 0 atom stereocenters. The number of carbonyl (C=O) groups is 2. The fourth-order valence-corrected chi connectivity index (χ4v) is 5.48. The number of thiophene rings is 1. The van der Waals surface area contributed by atoms with Gasteiger partial charge in [0.25, 0.3) is 5.91 Å². The Hall–Kier alpha value is -2.19. The lowest BCUT2D eigenvalue weighted by Gasteiger charge is -2.31. The first kappa shape index (κ1) is 21.1. The lowest BCUT2D eigenvalue weighted by Crippen LogP contribution is -2.41. The molecular formula is C22H22BrFN2O3S. The van der Waals surface area contributed by atoms with Crippen LogP contribution in [0.15, 0.2) is 40.2 Å². The van der Waals surface area contributed by atoms with Crippen LogP contribution in [0.25, 0.3) is 10.2 Å². The third kappa shape index (κ3) is 4.30. The molecule has 0 spiro atoms. The molecule has 1 amide bonds. The number of ether oxygens (including phenoxy) is 1. The number of piperidine rings is 1. The van der Waals surface area contributed by atoms with Crippen LogP contribution in [0.1, 0.15) is 35.8 Å². The Labute approximate surface area is 186 Å². The first-order valence-corrected chi connectivity index (χ1v) is 11.6. The van der Waals surface area contributed by atoms with Gasteiger partial charge in [-0.2, -0.15) is 0 Å². The number of likely N-dealkylation sites (tertiary alicyclic amines) is 1. The molecule has 1 saturated heterocycles. The molecule has 3 aromatic rings. The largest absolute Gasteiger partial charge is 0.466 e. The summed E-state index contributed by atoms with van der Waals surface area (Å²) in [6, 6.07) is 10.3. The predicted molar refractivity (Wildman–Crippen MR) is 118 cm³/mol. The van der Waals surface area contributed by atoms with Crippen molar-refractivity contribution in [3.8, 4) is 0 Å². The summed E-state index contributed by atoms with van der Waals surface area (Å²) in [5.74, 6) is -0.679. The molecule has 1 aliphatic heterocycles.